The van der Waals surface area contributed by atoms with E-state index in [0.717, 1.165) is 27.9 Å². The number of anilines is 1. The summed E-state index contributed by atoms with van der Waals surface area (Å²) in [5, 5.41) is 2.82. The highest BCUT2D eigenvalue weighted by atomic mass is 16.5. The number of aryl methyl sites for hydroxylation is 3. The summed E-state index contributed by atoms with van der Waals surface area (Å²) in [5.41, 5.74) is 4.56. The van der Waals surface area contributed by atoms with Crippen molar-refractivity contribution in [3.8, 4) is 11.5 Å². The fourth-order valence-electron chi connectivity index (χ4n) is 3.12. The molecule has 0 bridgehead atoms. The van der Waals surface area contributed by atoms with Crippen molar-refractivity contribution in [1.29, 1.82) is 0 Å². The Morgan fingerprint density at radius 1 is 0.897 bits per heavy atom. The van der Waals surface area contributed by atoms with E-state index in [0.29, 0.717) is 24.7 Å². The van der Waals surface area contributed by atoms with Gasteiger partial charge in [0.2, 0.25) is 0 Å². The fourth-order valence-corrected chi connectivity index (χ4v) is 3.12. The van der Waals surface area contributed by atoms with E-state index in [2.05, 4.69) is 5.32 Å². The second kappa shape index (κ2) is 10.5. The van der Waals surface area contributed by atoms with Crippen LogP contribution >= 0.6 is 0 Å². The smallest absolute Gasteiger partial charge is 0.310 e. The molecule has 0 unspecified atom stereocenters. The number of rotatable bonds is 9. The van der Waals surface area contributed by atoms with E-state index in [4.69, 9.17) is 14.2 Å². The molecular formula is C23H29NO5. The Morgan fingerprint density at radius 3 is 2.14 bits per heavy atom. The van der Waals surface area contributed by atoms with Gasteiger partial charge in [0.25, 0.3) is 5.91 Å². The highest BCUT2D eigenvalue weighted by Crippen LogP contribution is 2.28. The lowest BCUT2D eigenvalue weighted by atomic mass is 10.1. The monoisotopic (exact) mass is 399 g/mol. The maximum Gasteiger partial charge on any atom is 0.310 e. The lowest BCUT2D eigenvalue weighted by molar-refractivity contribution is -0.146. The second-order valence-electron chi connectivity index (χ2n) is 6.81. The van der Waals surface area contributed by atoms with E-state index in [1.54, 1.807) is 18.2 Å². The molecule has 2 aromatic rings. The first-order chi connectivity index (χ1) is 13.8. The van der Waals surface area contributed by atoms with Crippen LogP contribution in [-0.4, -0.2) is 31.7 Å². The number of hydrogen-bond donors (Lipinski definition) is 1. The highest BCUT2D eigenvalue weighted by molar-refractivity contribution is 5.94. The van der Waals surface area contributed by atoms with Crippen molar-refractivity contribution in [3.63, 3.8) is 0 Å². The maximum absolute atomic E-state index is 12.2. The van der Waals surface area contributed by atoms with Gasteiger partial charge in [0.15, 0.2) is 18.1 Å². The van der Waals surface area contributed by atoms with Crippen molar-refractivity contribution in [1.82, 2.24) is 0 Å². The van der Waals surface area contributed by atoms with Crippen LogP contribution in [0.15, 0.2) is 30.3 Å². The Kier molecular flexibility index (Phi) is 8.07. The van der Waals surface area contributed by atoms with E-state index in [1.165, 1.54) is 0 Å². The SMILES string of the molecule is CCOc1ccc(CC(=O)OCC(=O)Nc2c(C)cc(C)cc2C)cc1OCC. The minimum Gasteiger partial charge on any atom is -0.490 e. The Bertz CT molecular complexity index is 853. The Hall–Kier alpha value is -3.02. The number of carbonyl (C=O) groups is 2. The van der Waals surface area contributed by atoms with Crippen molar-refractivity contribution < 1.29 is 23.8 Å². The Balaban J connectivity index is 1.93. The third-order valence-corrected chi connectivity index (χ3v) is 4.26. The molecule has 29 heavy (non-hydrogen) atoms. The quantitative estimate of drug-likeness (QED) is 0.642. The molecule has 2 rings (SSSR count). The standard InChI is InChI=1S/C23H29NO5/c1-6-27-19-9-8-18(12-20(19)28-7-2)13-22(26)29-14-21(25)24-23-16(4)10-15(3)11-17(23)5/h8-12H,6-7,13-14H2,1-5H3,(H,24,25). The summed E-state index contributed by atoms with van der Waals surface area (Å²) in [6, 6.07) is 9.31. The molecule has 0 aliphatic rings. The van der Waals surface area contributed by atoms with Crippen LogP contribution in [0.5, 0.6) is 11.5 Å². The van der Waals surface area contributed by atoms with Crippen LogP contribution in [0, 0.1) is 20.8 Å². The number of esters is 1. The summed E-state index contributed by atoms with van der Waals surface area (Å²) >= 11 is 0. The predicted molar refractivity (Wildman–Crippen MR) is 113 cm³/mol. The maximum atomic E-state index is 12.2. The molecule has 0 saturated carbocycles. The van der Waals surface area contributed by atoms with Crippen LogP contribution in [0.4, 0.5) is 5.69 Å². The van der Waals surface area contributed by atoms with Gasteiger partial charge in [0, 0.05) is 5.69 Å². The van der Waals surface area contributed by atoms with Gasteiger partial charge < -0.3 is 19.5 Å². The summed E-state index contributed by atoms with van der Waals surface area (Å²) in [5.74, 6) is 0.372. The third-order valence-electron chi connectivity index (χ3n) is 4.26. The summed E-state index contributed by atoms with van der Waals surface area (Å²) in [6.07, 6.45) is 0.0440. The Labute approximate surface area is 172 Å². The van der Waals surface area contributed by atoms with Crippen molar-refractivity contribution in [3.05, 3.63) is 52.6 Å². The van der Waals surface area contributed by atoms with Crippen LogP contribution in [0.2, 0.25) is 0 Å². The van der Waals surface area contributed by atoms with Gasteiger partial charge in [-0.05, 0) is 63.4 Å². The van der Waals surface area contributed by atoms with E-state index in [-0.39, 0.29) is 18.9 Å². The molecule has 6 nitrogen and oxygen atoms in total. The number of carbonyl (C=O) groups excluding carboxylic acids is 2. The molecule has 0 aliphatic carbocycles. The van der Waals surface area contributed by atoms with Crippen molar-refractivity contribution in [2.75, 3.05) is 25.1 Å². The molecule has 0 saturated heterocycles. The van der Waals surface area contributed by atoms with E-state index < -0.39 is 5.97 Å². The zero-order chi connectivity index (χ0) is 21.4. The molecular weight excluding hydrogens is 370 g/mol. The zero-order valence-corrected chi connectivity index (χ0v) is 17.8. The van der Waals surface area contributed by atoms with Gasteiger partial charge in [-0.2, -0.15) is 0 Å². The number of nitrogens with one attached hydrogen (secondary N) is 1. The number of ether oxygens (including phenoxy) is 3. The van der Waals surface area contributed by atoms with Crippen LogP contribution in [-0.2, 0) is 20.7 Å². The van der Waals surface area contributed by atoms with Gasteiger partial charge in [0.1, 0.15) is 0 Å². The predicted octanol–water partition coefficient (Wildman–Crippen LogP) is 4.13. The summed E-state index contributed by atoms with van der Waals surface area (Å²) in [7, 11) is 0. The van der Waals surface area contributed by atoms with E-state index >= 15 is 0 Å². The highest BCUT2D eigenvalue weighted by Gasteiger charge is 2.13. The topological polar surface area (TPSA) is 73.9 Å². The van der Waals surface area contributed by atoms with Gasteiger partial charge in [-0.25, -0.2) is 0 Å². The van der Waals surface area contributed by atoms with Gasteiger partial charge in [-0.15, -0.1) is 0 Å². The van der Waals surface area contributed by atoms with E-state index in [1.807, 2.05) is 46.8 Å². The van der Waals surface area contributed by atoms with Crippen LogP contribution < -0.4 is 14.8 Å². The molecule has 0 heterocycles. The first-order valence-electron chi connectivity index (χ1n) is 9.75. The van der Waals surface area contributed by atoms with Crippen molar-refractivity contribution >= 4 is 17.6 Å². The molecule has 0 atom stereocenters. The first-order valence-corrected chi connectivity index (χ1v) is 9.75. The molecule has 6 heteroatoms. The molecule has 1 amide bonds. The lowest BCUT2D eigenvalue weighted by Gasteiger charge is -2.13. The number of amides is 1. The lowest BCUT2D eigenvalue weighted by Crippen LogP contribution is -2.22. The summed E-state index contributed by atoms with van der Waals surface area (Å²) in [4.78, 5) is 24.3. The van der Waals surface area contributed by atoms with Crippen molar-refractivity contribution in [2.45, 2.75) is 41.0 Å². The van der Waals surface area contributed by atoms with Crippen LogP contribution in [0.25, 0.3) is 0 Å². The molecule has 0 fully saturated rings. The van der Waals surface area contributed by atoms with Gasteiger partial charge in [-0.1, -0.05) is 23.8 Å². The molecule has 0 spiro atoms. The zero-order valence-electron chi connectivity index (χ0n) is 17.8. The Morgan fingerprint density at radius 2 is 1.52 bits per heavy atom. The van der Waals surface area contributed by atoms with Crippen LogP contribution in [0.3, 0.4) is 0 Å². The second-order valence-corrected chi connectivity index (χ2v) is 6.81. The summed E-state index contributed by atoms with van der Waals surface area (Å²) in [6.45, 7) is 10.3. The molecule has 2 aromatic carbocycles. The van der Waals surface area contributed by atoms with Gasteiger partial charge in [-0.3, -0.25) is 9.59 Å². The van der Waals surface area contributed by atoms with Gasteiger partial charge in [0.05, 0.1) is 19.6 Å². The minimum atomic E-state index is -0.482. The van der Waals surface area contributed by atoms with Crippen molar-refractivity contribution in [2.24, 2.45) is 0 Å². The molecule has 0 aliphatic heterocycles. The minimum absolute atomic E-state index is 0.0440. The normalized spacial score (nSPS) is 10.4. The molecule has 0 radical (unpaired) electrons. The van der Waals surface area contributed by atoms with Crippen LogP contribution in [0.1, 0.15) is 36.1 Å². The average molecular weight is 399 g/mol. The fraction of sp³-hybridized carbons (Fsp3) is 0.391. The van der Waals surface area contributed by atoms with Gasteiger partial charge >= 0.3 is 5.97 Å². The number of hydrogen-bond acceptors (Lipinski definition) is 5. The molecule has 156 valence electrons. The number of benzene rings is 2. The third kappa shape index (κ3) is 6.52. The molecule has 1 N–H and O–H groups in total. The first kappa shape index (κ1) is 22.3. The van der Waals surface area contributed by atoms with E-state index in [9.17, 15) is 9.59 Å². The molecule has 0 aromatic heterocycles. The largest absolute Gasteiger partial charge is 0.490 e. The summed E-state index contributed by atoms with van der Waals surface area (Å²) < 4.78 is 16.2. The average Bonchev–Trinajstić information content (AvgIpc) is 2.65.